The van der Waals surface area contributed by atoms with Crippen LogP contribution in [0.1, 0.15) is 109 Å². The first-order chi connectivity index (χ1) is 11.0. The smallest absolute Gasteiger partial charge is 0.125 e. The third kappa shape index (κ3) is 7.46. The van der Waals surface area contributed by atoms with E-state index >= 15 is 0 Å². The van der Waals surface area contributed by atoms with E-state index in [1.807, 2.05) is 6.92 Å². The van der Waals surface area contributed by atoms with E-state index in [9.17, 15) is 0 Å². The van der Waals surface area contributed by atoms with Crippen molar-refractivity contribution in [1.82, 2.24) is 9.97 Å². The Bertz CT molecular complexity index is 421. The third-order valence-corrected chi connectivity index (χ3v) is 5.00. The van der Waals surface area contributed by atoms with Gasteiger partial charge in [-0.2, -0.15) is 0 Å². The van der Waals surface area contributed by atoms with Gasteiger partial charge in [0.2, 0.25) is 0 Å². The molecule has 0 fully saturated rings. The second-order valence-corrected chi connectivity index (χ2v) is 7.48. The van der Waals surface area contributed by atoms with Crippen molar-refractivity contribution in [3.8, 4) is 0 Å². The minimum Gasteiger partial charge on any atom is -0.239 e. The number of hydrogen-bond donors (Lipinski definition) is 0. The Labute approximate surface area is 144 Å². The van der Waals surface area contributed by atoms with Crippen LogP contribution in [0.4, 0.5) is 0 Å². The number of rotatable bonds is 12. The first kappa shape index (κ1) is 20.1. The molecule has 132 valence electrons. The summed E-state index contributed by atoms with van der Waals surface area (Å²) < 4.78 is 0. The molecule has 0 saturated heterocycles. The summed E-state index contributed by atoms with van der Waals surface area (Å²) in [6, 6.07) is 2.22. The van der Waals surface area contributed by atoms with Gasteiger partial charge in [-0.3, -0.25) is 0 Å². The highest BCUT2D eigenvalue weighted by Crippen LogP contribution is 2.34. The van der Waals surface area contributed by atoms with Crippen molar-refractivity contribution in [1.29, 1.82) is 0 Å². The maximum absolute atomic E-state index is 4.81. The molecule has 0 aromatic carbocycles. The average Bonchev–Trinajstić information content (AvgIpc) is 2.50. The topological polar surface area (TPSA) is 25.8 Å². The molecule has 0 N–H and O–H groups in total. The van der Waals surface area contributed by atoms with Gasteiger partial charge in [-0.15, -0.1) is 0 Å². The summed E-state index contributed by atoms with van der Waals surface area (Å²) in [5.74, 6) is 0.922. The van der Waals surface area contributed by atoms with Gasteiger partial charge in [-0.25, -0.2) is 9.97 Å². The van der Waals surface area contributed by atoms with Gasteiger partial charge in [-0.05, 0) is 32.8 Å². The van der Waals surface area contributed by atoms with Gasteiger partial charge in [0, 0.05) is 11.1 Å². The standard InChI is InChI=1S/C21H38N2/c1-6-8-10-12-14-16-21(5,15-13-11-9-7-2)20-17-18(3)22-19(4)23-20/h17H,6-16H2,1-5H3. The maximum Gasteiger partial charge on any atom is 0.125 e. The van der Waals surface area contributed by atoms with E-state index in [0.717, 1.165) is 11.5 Å². The SMILES string of the molecule is CCCCCCCC(C)(CCCCCC)c1cc(C)nc(C)n1. The van der Waals surface area contributed by atoms with Crippen molar-refractivity contribution in [3.05, 3.63) is 23.3 Å². The molecule has 2 heteroatoms. The molecule has 1 aromatic heterocycles. The van der Waals surface area contributed by atoms with E-state index in [1.165, 1.54) is 76.3 Å². The van der Waals surface area contributed by atoms with E-state index in [4.69, 9.17) is 4.98 Å². The lowest BCUT2D eigenvalue weighted by atomic mass is 9.76. The summed E-state index contributed by atoms with van der Waals surface area (Å²) in [5, 5.41) is 0. The molecule has 1 aromatic rings. The van der Waals surface area contributed by atoms with Crippen LogP contribution in [0.25, 0.3) is 0 Å². The molecule has 0 bridgehead atoms. The Hall–Kier alpha value is -0.920. The fourth-order valence-corrected chi connectivity index (χ4v) is 3.47. The summed E-state index contributed by atoms with van der Waals surface area (Å²) in [5.41, 5.74) is 2.60. The monoisotopic (exact) mass is 318 g/mol. The minimum atomic E-state index is 0.221. The molecule has 1 heterocycles. The van der Waals surface area contributed by atoms with Gasteiger partial charge in [0.15, 0.2) is 0 Å². The van der Waals surface area contributed by atoms with E-state index in [2.05, 4.69) is 38.7 Å². The Morgan fingerprint density at radius 1 is 0.783 bits per heavy atom. The Balaban J connectivity index is 2.73. The van der Waals surface area contributed by atoms with Crippen LogP contribution in [0.2, 0.25) is 0 Å². The van der Waals surface area contributed by atoms with Crippen LogP contribution in [0, 0.1) is 13.8 Å². The zero-order valence-corrected chi connectivity index (χ0v) is 16.2. The predicted molar refractivity (Wildman–Crippen MR) is 101 cm³/mol. The Morgan fingerprint density at radius 3 is 1.83 bits per heavy atom. The first-order valence-corrected chi connectivity index (χ1v) is 9.84. The molecule has 0 aliphatic rings. The molecule has 0 aliphatic heterocycles. The van der Waals surface area contributed by atoms with Gasteiger partial charge in [0.05, 0.1) is 5.69 Å². The van der Waals surface area contributed by atoms with Crippen LogP contribution >= 0.6 is 0 Å². The van der Waals surface area contributed by atoms with Crippen LogP contribution in [0.3, 0.4) is 0 Å². The summed E-state index contributed by atoms with van der Waals surface area (Å²) in [6.07, 6.45) is 14.6. The highest BCUT2D eigenvalue weighted by Gasteiger charge is 2.27. The number of unbranched alkanes of at least 4 members (excludes halogenated alkanes) is 7. The molecule has 0 aliphatic carbocycles. The van der Waals surface area contributed by atoms with E-state index < -0.39 is 0 Å². The number of aryl methyl sites for hydroxylation is 2. The zero-order chi connectivity index (χ0) is 17.1. The van der Waals surface area contributed by atoms with Crippen LogP contribution < -0.4 is 0 Å². The highest BCUT2D eigenvalue weighted by atomic mass is 14.9. The van der Waals surface area contributed by atoms with Crippen molar-refractivity contribution in [2.75, 3.05) is 0 Å². The van der Waals surface area contributed by atoms with Crippen molar-refractivity contribution < 1.29 is 0 Å². The largest absolute Gasteiger partial charge is 0.239 e. The second kappa shape index (κ2) is 10.8. The molecule has 1 unspecified atom stereocenters. The molecular formula is C21H38N2. The Kier molecular flexibility index (Phi) is 9.43. The van der Waals surface area contributed by atoms with Crippen LogP contribution in [0.15, 0.2) is 6.07 Å². The minimum absolute atomic E-state index is 0.221. The van der Waals surface area contributed by atoms with Gasteiger partial charge >= 0.3 is 0 Å². The van der Waals surface area contributed by atoms with Crippen LogP contribution in [-0.2, 0) is 5.41 Å². The third-order valence-electron chi connectivity index (χ3n) is 5.00. The molecule has 23 heavy (non-hydrogen) atoms. The average molecular weight is 319 g/mol. The van der Waals surface area contributed by atoms with Crippen LogP contribution in [0.5, 0.6) is 0 Å². The lowest BCUT2D eigenvalue weighted by Crippen LogP contribution is -2.24. The fraction of sp³-hybridized carbons (Fsp3) is 0.810. The maximum atomic E-state index is 4.81. The fourth-order valence-electron chi connectivity index (χ4n) is 3.47. The van der Waals surface area contributed by atoms with Gasteiger partial charge in [0.25, 0.3) is 0 Å². The molecular weight excluding hydrogens is 280 g/mol. The first-order valence-electron chi connectivity index (χ1n) is 9.84. The van der Waals surface area contributed by atoms with E-state index in [0.29, 0.717) is 0 Å². The highest BCUT2D eigenvalue weighted by molar-refractivity contribution is 5.19. The van der Waals surface area contributed by atoms with Crippen LogP contribution in [-0.4, -0.2) is 9.97 Å². The lowest BCUT2D eigenvalue weighted by molar-refractivity contribution is 0.353. The summed E-state index contributed by atoms with van der Waals surface area (Å²) in [4.78, 5) is 9.28. The van der Waals surface area contributed by atoms with Crippen molar-refractivity contribution >= 4 is 0 Å². The van der Waals surface area contributed by atoms with E-state index in [1.54, 1.807) is 0 Å². The molecule has 0 radical (unpaired) electrons. The molecule has 1 atom stereocenters. The van der Waals surface area contributed by atoms with Crippen molar-refractivity contribution in [2.24, 2.45) is 0 Å². The summed E-state index contributed by atoms with van der Waals surface area (Å²) >= 11 is 0. The number of nitrogens with zero attached hydrogens (tertiary/aromatic N) is 2. The molecule has 0 spiro atoms. The van der Waals surface area contributed by atoms with Crippen molar-refractivity contribution in [2.45, 2.75) is 111 Å². The van der Waals surface area contributed by atoms with Gasteiger partial charge in [-0.1, -0.05) is 78.6 Å². The zero-order valence-electron chi connectivity index (χ0n) is 16.2. The Morgan fingerprint density at radius 2 is 1.30 bits per heavy atom. The number of hydrogen-bond acceptors (Lipinski definition) is 2. The normalized spacial score (nSPS) is 14.0. The lowest BCUT2D eigenvalue weighted by Gasteiger charge is -2.30. The molecule has 2 nitrogen and oxygen atoms in total. The summed E-state index contributed by atoms with van der Waals surface area (Å²) in [7, 11) is 0. The van der Waals surface area contributed by atoms with E-state index in [-0.39, 0.29) is 5.41 Å². The van der Waals surface area contributed by atoms with Gasteiger partial charge in [0.1, 0.15) is 5.82 Å². The quantitative estimate of drug-likeness (QED) is 0.402. The molecule has 0 saturated carbocycles. The molecule has 0 amide bonds. The number of aromatic nitrogens is 2. The van der Waals surface area contributed by atoms with Crippen molar-refractivity contribution in [3.63, 3.8) is 0 Å². The second-order valence-electron chi connectivity index (χ2n) is 7.48. The predicted octanol–water partition coefficient (Wildman–Crippen LogP) is 6.68. The molecule has 1 rings (SSSR count). The van der Waals surface area contributed by atoms with Gasteiger partial charge < -0.3 is 0 Å². The summed E-state index contributed by atoms with van der Waals surface area (Å²) in [6.45, 7) is 11.1.